The molecule has 3 N–H and O–H groups in total. The molecule has 0 aromatic rings. The van der Waals surface area contributed by atoms with Gasteiger partial charge >= 0.3 is 5.97 Å². The maximum Gasteiger partial charge on any atom is 0.320 e. The van der Waals surface area contributed by atoms with E-state index in [-0.39, 0.29) is 0 Å². The normalized spacial score (nSPS) is 13.1. The van der Waals surface area contributed by atoms with Gasteiger partial charge in [-0.25, -0.2) is 0 Å². The van der Waals surface area contributed by atoms with Crippen molar-refractivity contribution in [2.75, 3.05) is 20.1 Å². The monoisotopic (exact) mass is 202 g/mol. The summed E-state index contributed by atoms with van der Waals surface area (Å²) in [5, 5.41) is 8.57. The minimum Gasteiger partial charge on any atom is -0.480 e. The lowest BCUT2D eigenvalue weighted by Crippen LogP contribution is -2.34. The zero-order valence-electron chi connectivity index (χ0n) is 9.20. The molecular formula is C10H22N2O2. The molecule has 84 valence electrons. The molecule has 1 unspecified atom stereocenters. The summed E-state index contributed by atoms with van der Waals surface area (Å²) >= 11 is 0. The van der Waals surface area contributed by atoms with E-state index in [9.17, 15) is 4.79 Å². The smallest absolute Gasteiger partial charge is 0.320 e. The van der Waals surface area contributed by atoms with Crippen LogP contribution in [0.1, 0.15) is 32.6 Å². The summed E-state index contributed by atoms with van der Waals surface area (Å²) in [6.45, 7) is 3.96. The summed E-state index contributed by atoms with van der Waals surface area (Å²) in [6.07, 6.45) is 4.14. The molecule has 0 amide bonds. The van der Waals surface area contributed by atoms with Crippen molar-refractivity contribution in [3.8, 4) is 0 Å². The molecule has 0 rings (SSSR count). The second-order valence-corrected chi connectivity index (χ2v) is 3.74. The van der Waals surface area contributed by atoms with Crippen LogP contribution >= 0.6 is 0 Å². The molecule has 1 atom stereocenters. The van der Waals surface area contributed by atoms with Crippen molar-refractivity contribution >= 4 is 5.97 Å². The van der Waals surface area contributed by atoms with Crippen LogP contribution in [0.4, 0.5) is 0 Å². The third-order valence-electron chi connectivity index (χ3n) is 2.28. The Morgan fingerprint density at radius 1 is 1.43 bits per heavy atom. The highest BCUT2D eigenvalue weighted by atomic mass is 16.4. The largest absolute Gasteiger partial charge is 0.480 e. The van der Waals surface area contributed by atoms with E-state index in [1.165, 1.54) is 19.3 Å². The molecule has 0 aromatic heterocycles. The third kappa shape index (κ3) is 6.86. The zero-order valence-corrected chi connectivity index (χ0v) is 9.20. The van der Waals surface area contributed by atoms with Crippen molar-refractivity contribution in [2.24, 2.45) is 5.73 Å². The van der Waals surface area contributed by atoms with Crippen LogP contribution in [0.5, 0.6) is 0 Å². The zero-order chi connectivity index (χ0) is 11.0. The summed E-state index contributed by atoms with van der Waals surface area (Å²) < 4.78 is 0. The predicted octanol–water partition coefficient (Wildman–Crippen LogP) is 0.910. The summed E-state index contributed by atoms with van der Waals surface area (Å²) in [5.41, 5.74) is 5.39. The Labute approximate surface area is 86.1 Å². The highest BCUT2D eigenvalue weighted by Gasteiger charge is 2.11. The van der Waals surface area contributed by atoms with Crippen LogP contribution in [-0.4, -0.2) is 42.2 Å². The fourth-order valence-electron chi connectivity index (χ4n) is 1.23. The Balaban J connectivity index is 3.43. The number of unbranched alkanes of at least 4 members (excludes halogenated alkanes) is 2. The molecule has 0 spiro atoms. The number of nitrogens with zero attached hydrogens (tertiary/aromatic N) is 1. The Morgan fingerprint density at radius 2 is 2.07 bits per heavy atom. The highest BCUT2D eigenvalue weighted by molar-refractivity contribution is 5.72. The van der Waals surface area contributed by atoms with Crippen LogP contribution < -0.4 is 5.73 Å². The van der Waals surface area contributed by atoms with Gasteiger partial charge in [0.15, 0.2) is 0 Å². The Morgan fingerprint density at radius 3 is 2.57 bits per heavy atom. The van der Waals surface area contributed by atoms with E-state index in [0.717, 1.165) is 13.1 Å². The fourth-order valence-corrected chi connectivity index (χ4v) is 1.23. The van der Waals surface area contributed by atoms with E-state index in [4.69, 9.17) is 10.8 Å². The molecule has 14 heavy (non-hydrogen) atoms. The standard InChI is InChI=1S/C10H22N2O2/c1-3-4-5-7-12(2)8-6-9(11)10(13)14/h9H,3-8,11H2,1-2H3,(H,13,14). The maximum atomic E-state index is 10.4. The molecule has 0 bridgehead atoms. The van der Waals surface area contributed by atoms with Crippen molar-refractivity contribution < 1.29 is 9.90 Å². The molecule has 0 saturated carbocycles. The molecule has 0 radical (unpaired) electrons. The number of carboxylic acid groups (broad SMARTS) is 1. The van der Waals surface area contributed by atoms with Gasteiger partial charge in [-0.05, 0) is 33.0 Å². The number of carboxylic acids is 1. The number of rotatable bonds is 8. The molecule has 0 aliphatic heterocycles. The van der Waals surface area contributed by atoms with Gasteiger partial charge in [-0.3, -0.25) is 4.79 Å². The molecular weight excluding hydrogens is 180 g/mol. The van der Waals surface area contributed by atoms with Crippen molar-refractivity contribution in [1.29, 1.82) is 0 Å². The Bertz CT molecular complexity index is 162. The molecule has 0 heterocycles. The van der Waals surface area contributed by atoms with Gasteiger partial charge in [-0.15, -0.1) is 0 Å². The first kappa shape index (κ1) is 13.4. The Hall–Kier alpha value is -0.610. The van der Waals surface area contributed by atoms with Crippen LogP contribution in [0.15, 0.2) is 0 Å². The predicted molar refractivity (Wildman–Crippen MR) is 57.3 cm³/mol. The third-order valence-corrected chi connectivity index (χ3v) is 2.28. The van der Waals surface area contributed by atoms with Gasteiger partial charge in [0, 0.05) is 0 Å². The second kappa shape index (κ2) is 7.76. The molecule has 4 nitrogen and oxygen atoms in total. The number of aliphatic carboxylic acids is 1. The van der Waals surface area contributed by atoms with Crippen LogP contribution in [0.25, 0.3) is 0 Å². The van der Waals surface area contributed by atoms with Crippen LogP contribution in [-0.2, 0) is 4.79 Å². The van der Waals surface area contributed by atoms with Gasteiger partial charge in [0.25, 0.3) is 0 Å². The average Bonchev–Trinajstić information content (AvgIpc) is 2.14. The van der Waals surface area contributed by atoms with Gasteiger partial charge in [0.2, 0.25) is 0 Å². The van der Waals surface area contributed by atoms with Crippen molar-refractivity contribution in [3.63, 3.8) is 0 Å². The lowest BCUT2D eigenvalue weighted by molar-refractivity contribution is -0.138. The highest BCUT2D eigenvalue weighted by Crippen LogP contribution is 1.98. The first-order chi connectivity index (χ1) is 6.57. The first-order valence-electron chi connectivity index (χ1n) is 5.24. The molecule has 0 aliphatic rings. The molecule has 0 saturated heterocycles. The van der Waals surface area contributed by atoms with E-state index >= 15 is 0 Å². The summed E-state index contributed by atoms with van der Waals surface area (Å²) in [4.78, 5) is 12.6. The lowest BCUT2D eigenvalue weighted by Gasteiger charge is -2.17. The number of hydrogen-bond acceptors (Lipinski definition) is 3. The maximum absolute atomic E-state index is 10.4. The van der Waals surface area contributed by atoms with Gasteiger partial charge in [0.1, 0.15) is 6.04 Å². The van der Waals surface area contributed by atoms with Crippen molar-refractivity contribution in [3.05, 3.63) is 0 Å². The minimum absolute atomic E-state index is 0.526. The van der Waals surface area contributed by atoms with E-state index in [1.54, 1.807) is 0 Å². The molecule has 4 heteroatoms. The van der Waals surface area contributed by atoms with E-state index in [2.05, 4.69) is 11.8 Å². The lowest BCUT2D eigenvalue weighted by atomic mass is 10.2. The topological polar surface area (TPSA) is 66.6 Å². The first-order valence-corrected chi connectivity index (χ1v) is 5.24. The van der Waals surface area contributed by atoms with Gasteiger partial charge in [-0.2, -0.15) is 0 Å². The summed E-state index contributed by atoms with van der Waals surface area (Å²) in [6, 6.07) is -0.719. The SMILES string of the molecule is CCCCCN(C)CCC(N)C(=O)O. The molecule has 0 aromatic carbocycles. The van der Waals surface area contributed by atoms with Crippen molar-refractivity contribution in [1.82, 2.24) is 4.90 Å². The Kier molecular flexibility index (Phi) is 7.42. The summed E-state index contributed by atoms with van der Waals surface area (Å²) in [7, 11) is 2.00. The van der Waals surface area contributed by atoms with E-state index in [0.29, 0.717) is 6.42 Å². The van der Waals surface area contributed by atoms with Crippen LogP contribution in [0.3, 0.4) is 0 Å². The summed E-state index contributed by atoms with van der Waals surface area (Å²) in [5.74, 6) is -0.910. The van der Waals surface area contributed by atoms with Crippen LogP contribution in [0, 0.1) is 0 Å². The van der Waals surface area contributed by atoms with E-state index < -0.39 is 12.0 Å². The van der Waals surface area contributed by atoms with Gasteiger partial charge in [0.05, 0.1) is 0 Å². The molecule has 0 aliphatic carbocycles. The minimum atomic E-state index is -0.910. The molecule has 0 fully saturated rings. The quantitative estimate of drug-likeness (QED) is 0.574. The van der Waals surface area contributed by atoms with E-state index in [1.807, 2.05) is 7.05 Å². The van der Waals surface area contributed by atoms with Gasteiger partial charge in [-0.1, -0.05) is 19.8 Å². The fraction of sp³-hybridized carbons (Fsp3) is 0.900. The average molecular weight is 202 g/mol. The van der Waals surface area contributed by atoms with Crippen LogP contribution in [0.2, 0.25) is 0 Å². The van der Waals surface area contributed by atoms with Crippen molar-refractivity contribution in [2.45, 2.75) is 38.6 Å². The number of hydrogen-bond donors (Lipinski definition) is 2. The second-order valence-electron chi connectivity index (χ2n) is 3.74. The number of nitrogens with two attached hydrogens (primary N) is 1. The number of carbonyl (C=O) groups is 1. The van der Waals surface area contributed by atoms with Gasteiger partial charge < -0.3 is 15.7 Å².